The lowest BCUT2D eigenvalue weighted by molar-refractivity contribution is -0.133. The number of rotatable bonds is 2. The van der Waals surface area contributed by atoms with E-state index in [0.717, 1.165) is 49.8 Å². The maximum absolute atomic E-state index is 13.0. The van der Waals surface area contributed by atoms with Gasteiger partial charge in [0.05, 0.1) is 0 Å². The zero-order valence-corrected chi connectivity index (χ0v) is 12.5. The quantitative estimate of drug-likeness (QED) is 0.905. The molecule has 1 aromatic carbocycles. The number of hydrogen-bond donors (Lipinski definition) is 1. The molecule has 1 unspecified atom stereocenters. The van der Waals surface area contributed by atoms with Crippen molar-refractivity contribution in [3.63, 3.8) is 0 Å². The molecule has 21 heavy (non-hydrogen) atoms. The van der Waals surface area contributed by atoms with E-state index in [2.05, 4.69) is 12.2 Å². The van der Waals surface area contributed by atoms with Crippen LogP contribution in [0.4, 0.5) is 0 Å². The zero-order chi connectivity index (χ0) is 14.9. The largest absolute Gasteiger partial charge is 0.354 e. The molecule has 2 fully saturated rings. The van der Waals surface area contributed by atoms with Crippen LogP contribution in [0.15, 0.2) is 24.3 Å². The summed E-state index contributed by atoms with van der Waals surface area (Å²) in [6.07, 6.45) is 4.27. The molecule has 4 heteroatoms. The van der Waals surface area contributed by atoms with Crippen LogP contribution in [0, 0.1) is 0 Å². The van der Waals surface area contributed by atoms with Gasteiger partial charge >= 0.3 is 0 Å². The first-order chi connectivity index (χ1) is 10.2. The number of piperidine rings is 1. The topological polar surface area (TPSA) is 49.4 Å². The number of benzene rings is 1. The molecule has 1 aromatic rings. The van der Waals surface area contributed by atoms with Crippen molar-refractivity contribution in [1.29, 1.82) is 0 Å². The second-order valence-electron chi connectivity index (χ2n) is 5.96. The first-order valence-corrected chi connectivity index (χ1v) is 7.87. The summed E-state index contributed by atoms with van der Waals surface area (Å²) in [6, 6.07) is 7.74. The Morgan fingerprint density at radius 3 is 2.81 bits per heavy atom. The molecule has 2 saturated heterocycles. The lowest BCUT2D eigenvalue weighted by Gasteiger charge is -2.40. The molecular formula is C17H22N2O2. The third-order valence-corrected chi connectivity index (χ3v) is 4.84. The predicted octanol–water partition coefficient (Wildman–Crippen LogP) is 2.13. The Bertz CT molecular complexity index is 570. The number of aryl methyl sites for hydroxylation is 1. The number of nitrogens with zero attached hydrogens (tertiary/aromatic N) is 1. The summed E-state index contributed by atoms with van der Waals surface area (Å²) < 4.78 is 0. The van der Waals surface area contributed by atoms with Crippen molar-refractivity contribution in [3.8, 4) is 0 Å². The van der Waals surface area contributed by atoms with Crippen LogP contribution in [-0.2, 0) is 11.2 Å². The maximum atomic E-state index is 13.0. The molecule has 1 atom stereocenters. The molecule has 2 heterocycles. The van der Waals surface area contributed by atoms with Crippen LogP contribution < -0.4 is 5.32 Å². The van der Waals surface area contributed by atoms with Gasteiger partial charge in [0.25, 0.3) is 5.91 Å². The molecule has 3 rings (SSSR count). The summed E-state index contributed by atoms with van der Waals surface area (Å²) in [7, 11) is 0. The van der Waals surface area contributed by atoms with E-state index in [1.807, 2.05) is 29.2 Å². The zero-order valence-electron chi connectivity index (χ0n) is 12.5. The molecule has 2 amide bonds. The smallest absolute Gasteiger partial charge is 0.255 e. The number of carbonyl (C=O) groups is 2. The van der Waals surface area contributed by atoms with Crippen molar-refractivity contribution in [2.24, 2.45) is 0 Å². The molecule has 2 aliphatic rings. The fourth-order valence-corrected chi connectivity index (χ4v) is 3.71. The van der Waals surface area contributed by atoms with Gasteiger partial charge in [-0.15, -0.1) is 0 Å². The van der Waals surface area contributed by atoms with Crippen LogP contribution in [0.25, 0.3) is 0 Å². The van der Waals surface area contributed by atoms with Gasteiger partial charge in [0, 0.05) is 18.7 Å². The minimum absolute atomic E-state index is 0.0157. The standard InChI is InChI=1S/C17H22N2O2/c1-2-13-7-3-4-8-14(13)15(20)19-12-6-10-17(19)9-5-11-18-16(17)21/h3-4,7-8H,2,5-6,9-12H2,1H3,(H,18,21). The van der Waals surface area contributed by atoms with E-state index in [0.29, 0.717) is 6.54 Å². The van der Waals surface area contributed by atoms with Crippen LogP contribution in [0.2, 0.25) is 0 Å². The average Bonchev–Trinajstić information content (AvgIpc) is 2.94. The number of amides is 2. The highest BCUT2D eigenvalue weighted by Crippen LogP contribution is 2.37. The SMILES string of the molecule is CCc1ccccc1C(=O)N1CCCC12CCCNC2=O. The Balaban J connectivity index is 1.95. The van der Waals surface area contributed by atoms with E-state index in [-0.39, 0.29) is 11.8 Å². The van der Waals surface area contributed by atoms with E-state index in [9.17, 15) is 9.59 Å². The van der Waals surface area contributed by atoms with Gasteiger partial charge in [-0.3, -0.25) is 9.59 Å². The molecule has 0 aromatic heterocycles. The van der Waals surface area contributed by atoms with E-state index >= 15 is 0 Å². The van der Waals surface area contributed by atoms with Gasteiger partial charge < -0.3 is 10.2 Å². The number of likely N-dealkylation sites (tertiary alicyclic amines) is 1. The van der Waals surface area contributed by atoms with Crippen LogP contribution in [0.1, 0.15) is 48.5 Å². The van der Waals surface area contributed by atoms with Crippen molar-refractivity contribution < 1.29 is 9.59 Å². The average molecular weight is 286 g/mol. The molecular weight excluding hydrogens is 264 g/mol. The van der Waals surface area contributed by atoms with E-state index in [1.165, 1.54) is 0 Å². The highest BCUT2D eigenvalue weighted by molar-refractivity contribution is 6.00. The Morgan fingerprint density at radius 2 is 2.05 bits per heavy atom. The van der Waals surface area contributed by atoms with Gasteiger partial charge in [0.15, 0.2) is 0 Å². The van der Waals surface area contributed by atoms with Crippen LogP contribution >= 0.6 is 0 Å². The second-order valence-corrected chi connectivity index (χ2v) is 5.96. The third-order valence-electron chi connectivity index (χ3n) is 4.84. The summed E-state index contributed by atoms with van der Waals surface area (Å²) in [5, 5.41) is 2.95. The minimum Gasteiger partial charge on any atom is -0.354 e. The maximum Gasteiger partial charge on any atom is 0.255 e. The molecule has 0 saturated carbocycles. The van der Waals surface area contributed by atoms with Gasteiger partial charge in [-0.05, 0) is 43.7 Å². The minimum atomic E-state index is -0.601. The van der Waals surface area contributed by atoms with Crippen molar-refractivity contribution in [2.75, 3.05) is 13.1 Å². The Labute approximate surface area is 125 Å². The fourth-order valence-electron chi connectivity index (χ4n) is 3.71. The lowest BCUT2D eigenvalue weighted by atomic mass is 9.86. The molecule has 112 valence electrons. The van der Waals surface area contributed by atoms with Gasteiger partial charge in [-0.25, -0.2) is 0 Å². The Hall–Kier alpha value is -1.84. The second kappa shape index (κ2) is 5.51. The van der Waals surface area contributed by atoms with E-state index < -0.39 is 5.54 Å². The molecule has 0 radical (unpaired) electrons. The monoisotopic (exact) mass is 286 g/mol. The number of carbonyl (C=O) groups excluding carboxylic acids is 2. The van der Waals surface area contributed by atoms with Crippen molar-refractivity contribution in [2.45, 2.75) is 44.6 Å². The fraction of sp³-hybridized carbons (Fsp3) is 0.529. The van der Waals surface area contributed by atoms with Gasteiger partial charge in [-0.2, -0.15) is 0 Å². The molecule has 0 aliphatic carbocycles. The van der Waals surface area contributed by atoms with Crippen LogP contribution in [0.5, 0.6) is 0 Å². The van der Waals surface area contributed by atoms with Crippen LogP contribution in [0.3, 0.4) is 0 Å². The van der Waals surface area contributed by atoms with Crippen molar-refractivity contribution in [3.05, 3.63) is 35.4 Å². The predicted molar refractivity (Wildman–Crippen MR) is 81.1 cm³/mol. The van der Waals surface area contributed by atoms with Gasteiger partial charge in [0.2, 0.25) is 5.91 Å². The van der Waals surface area contributed by atoms with Gasteiger partial charge in [-0.1, -0.05) is 25.1 Å². The summed E-state index contributed by atoms with van der Waals surface area (Å²) in [6.45, 7) is 3.47. The van der Waals surface area contributed by atoms with E-state index in [4.69, 9.17) is 0 Å². The van der Waals surface area contributed by atoms with Gasteiger partial charge in [0.1, 0.15) is 5.54 Å². The molecule has 1 N–H and O–H groups in total. The summed E-state index contributed by atoms with van der Waals surface area (Å²) in [5.41, 5.74) is 1.20. The third kappa shape index (κ3) is 2.23. The first kappa shape index (κ1) is 14.1. The normalized spacial score (nSPS) is 25.2. The molecule has 0 bridgehead atoms. The summed E-state index contributed by atoms with van der Waals surface area (Å²) >= 11 is 0. The molecule has 4 nitrogen and oxygen atoms in total. The first-order valence-electron chi connectivity index (χ1n) is 7.87. The Morgan fingerprint density at radius 1 is 1.29 bits per heavy atom. The Kier molecular flexibility index (Phi) is 3.70. The van der Waals surface area contributed by atoms with Crippen molar-refractivity contribution in [1.82, 2.24) is 10.2 Å². The summed E-state index contributed by atoms with van der Waals surface area (Å²) in [4.78, 5) is 27.2. The summed E-state index contributed by atoms with van der Waals surface area (Å²) in [5.74, 6) is 0.0515. The number of nitrogens with one attached hydrogen (secondary N) is 1. The lowest BCUT2D eigenvalue weighted by Crippen LogP contribution is -2.60. The van der Waals surface area contributed by atoms with E-state index in [1.54, 1.807) is 0 Å². The number of hydrogen-bond acceptors (Lipinski definition) is 2. The molecule has 2 aliphatic heterocycles. The molecule has 1 spiro atoms. The highest BCUT2D eigenvalue weighted by atomic mass is 16.2. The van der Waals surface area contributed by atoms with Crippen molar-refractivity contribution >= 4 is 11.8 Å². The highest BCUT2D eigenvalue weighted by Gasteiger charge is 2.50. The van der Waals surface area contributed by atoms with Crippen LogP contribution in [-0.4, -0.2) is 35.3 Å².